The number of hydrogen-bond acceptors (Lipinski definition) is 4. The van der Waals surface area contributed by atoms with Crippen molar-refractivity contribution in [2.24, 2.45) is 0 Å². The van der Waals surface area contributed by atoms with Crippen molar-refractivity contribution in [3.05, 3.63) is 17.5 Å². The van der Waals surface area contributed by atoms with Crippen LogP contribution in [0.3, 0.4) is 0 Å². The highest BCUT2D eigenvalue weighted by Crippen LogP contribution is 2.08. The molecule has 0 aliphatic carbocycles. The van der Waals surface area contributed by atoms with Gasteiger partial charge in [-0.25, -0.2) is 9.97 Å². The first-order valence-electron chi connectivity index (χ1n) is 4.63. The fraction of sp³-hybridized carbons (Fsp3) is 0.556. The lowest BCUT2D eigenvalue weighted by Crippen LogP contribution is -2.18. The largest absolute Gasteiger partial charge is 0.367 e. The zero-order chi connectivity index (χ0) is 11.3. The lowest BCUT2D eigenvalue weighted by Gasteiger charge is -2.13. The van der Waals surface area contributed by atoms with Gasteiger partial charge in [-0.15, -0.1) is 0 Å². The Balaban J connectivity index is 2.44. The molecule has 0 aliphatic heterocycles. The molecule has 0 spiro atoms. The monoisotopic (exact) mass is 247 g/mol. The Hall–Kier alpha value is -0.680. The summed E-state index contributed by atoms with van der Waals surface area (Å²) >= 11 is 5.64. The van der Waals surface area contributed by atoms with Gasteiger partial charge in [-0.2, -0.15) is 0 Å². The lowest BCUT2D eigenvalue weighted by molar-refractivity contribution is 0.678. The average Bonchev–Trinajstić information content (AvgIpc) is 2.15. The maximum absolute atomic E-state index is 10.9. The number of halogens is 1. The molecule has 0 saturated carbocycles. The van der Waals surface area contributed by atoms with E-state index in [1.54, 1.807) is 18.5 Å². The molecular weight excluding hydrogens is 234 g/mol. The molecule has 0 aromatic carbocycles. The number of nitrogens with zero attached hydrogens (tertiary/aromatic N) is 2. The van der Waals surface area contributed by atoms with E-state index in [1.165, 1.54) is 0 Å². The zero-order valence-corrected chi connectivity index (χ0v) is 10.3. The molecular formula is C9H14ClN3OS. The Kier molecular flexibility index (Phi) is 4.98. The van der Waals surface area contributed by atoms with Crippen LogP contribution >= 0.6 is 11.6 Å². The van der Waals surface area contributed by atoms with Crippen LogP contribution in [0, 0.1) is 0 Å². The summed E-state index contributed by atoms with van der Waals surface area (Å²) in [6.45, 7) is 2.02. The Labute approximate surface area is 96.9 Å². The standard InChI is InChI=1S/C9H14ClN3OS/c1-7(4-6-15(2)14)12-8-3-5-11-9(10)13-8/h3,5,7H,4,6H2,1-2H3,(H,11,12,13). The third-order valence-corrected chi connectivity index (χ3v) is 2.85. The highest BCUT2D eigenvalue weighted by Gasteiger charge is 2.04. The first-order chi connectivity index (χ1) is 7.08. The second-order valence-electron chi connectivity index (χ2n) is 3.32. The van der Waals surface area contributed by atoms with Crippen LogP contribution in [0.5, 0.6) is 0 Å². The summed E-state index contributed by atoms with van der Waals surface area (Å²) in [6.07, 6.45) is 4.14. The smallest absolute Gasteiger partial charge is 0.224 e. The molecule has 15 heavy (non-hydrogen) atoms. The van der Waals surface area contributed by atoms with Crippen molar-refractivity contribution in [2.45, 2.75) is 19.4 Å². The zero-order valence-electron chi connectivity index (χ0n) is 8.74. The van der Waals surface area contributed by atoms with Gasteiger partial charge >= 0.3 is 0 Å². The minimum atomic E-state index is -0.747. The SMILES string of the molecule is CC(CCS(C)=O)Nc1ccnc(Cl)n1. The van der Waals surface area contributed by atoms with Crippen LogP contribution in [0.4, 0.5) is 5.82 Å². The molecule has 0 bridgehead atoms. The summed E-state index contributed by atoms with van der Waals surface area (Å²) in [6, 6.07) is 1.98. The summed E-state index contributed by atoms with van der Waals surface area (Å²) in [5.74, 6) is 1.39. The van der Waals surface area contributed by atoms with E-state index >= 15 is 0 Å². The minimum Gasteiger partial charge on any atom is -0.367 e. The van der Waals surface area contributed by atoms with Crippen molar-refractivity contribution >= 4 is 28.2 Å². The Morgan fingerprint density at radius 2 is 2.40 bits per heavy atom. The molecule has 4 nitrogen and oxygen atoms in total. The van der Waals surface area contributed by atoms with Gasteiger partial charge < -0.3 is 5.32 Å². The Morgan fingerprint density at radius 3 is 3.00 bits per heavy atom. The number of aromatic nitrogens is 2. The minimum absolute atomic E-state index is 0.222. The highest BCUT2D eigenvalue weighted by atomic mass is 35.5. The molecule has 2 unspecified atom stereocenters. The molecule has 84 valence electrons. The summed E-state index contributed by atoms with van der Waals surface area (Å²) in [5.41, 5.74) is 0. The van der Waals surface area contributed by atoms with Crippen LogP contribution in [0.1, 0.15) is 13.3 Å². The van der Waals surface area contributed by atoms with E-state index in [9.17, 15) is 4.21 Å². The van der Waals surface area contributed by atoms with Gasteiger partial charge in [-0.05, 0) is 31.0 Å². The number of nitrogens with one attached hydrogen (secondary N) is 1. The molecule has 1 N–H and O–H groups in total. The molecule has 0 amide bonds. The normalized spacial score (nSPS) is 14.6. The van der Waals surface area contributed by atoms with E-state index in [1.807, 2.05) is 6.92 Å². The summed E-state index contributed by atoms with van der Waals surface area (Å²) in [7, 11) is -0.747. The number of hydrogen-bond donors (Lipinski definition) is 1. The third-order valence-electron chi connectivity index (χ3n) is 1.86. The molecule has 0 fully saturated rings. The summed E-state index contributed by atoms with van der Waals surface area (Å²) in [4.78, 5) is 7.79. The van der Waals surface area contributed by atoms with Crippen LogP contribution in [0.25, 0.3) is 0 Å². The topological polar surface area (TPSA) is 54.9 Å². The maximum Gasteiger partial charge on any atom is 0.224 e. The van der Waals surface area contributed by atoms with Gasteiger partial charge in [0.2, 0.25) is 5.28 Å². The molecule has 1 heterocycles. The van der Waals surface area contributed by atoms with Crippen molar-refractivity contribution in [1.82, 2.24) is 9.97 Å². The van der Waals surface area contributed by atoms with Gasteiger partial charge in [0.05, 0.1) is 0 Å². The molecule has 0 aliphatic rings. The van der Waals surface area contributed by atoms with Crippen LogP contribution < -0.4 is 5.32 Å². The molecule has 1 aromatic rings. The van der Waals surface area contributed by atoms with Crippen LogP contribution in [0.2, 0.25) is 5.28 Å². The van der Waals surface area contributed by atoms with E-state index in [0.717, 1.165) is 6.42 Å². The van der Waals surface area contributed by atoms with E-state index in [2.05, 4.69) is 15.3 Å². The molecule has 1 aromatic heterocycles. The molecule has 2 atom stereocenters. The average molecular weight is 248 g/mol. The van der Waals surface area contributed by atoms with Crippen LogP contribution in [-0.4, -0.2) is 32.2 Å². The molecule has 1 rings (SSSR count). The van der Waals surface area contributed by atoms with Gasteiger partial charge in [0.1, 0.15) is 5.82 Å². The van der Waals surface area contributed by atoms with Gasteiger partial charge in [-0.1, -0.05) is 0 Å². The molecule has 0 saturated heterocycles. The van der Waals surface area contributed by atoms with Gasteiger partial charge in [0.15, 0.2) is 0 Å². The van der Waals surface area contributed by atoms with E-state index in [-0.39, 0.29) is 11.3 Å². The van der Waals surface area contributed by atoms with Crippen molar-refractivity contribution in [2.75, 3.05) is 17.3 Å². The first kappa shape index (κ1) is 12.4. The highest BCUT2D eigenvalue weighted by molar-refractivity contribution is 7.84. The van der Waals surface area contributed by atoms with Crippen LogP contribution in [-0.2, 0) is 10.8 Å². The van der Waals surface area contributed by atoms with Crippen molar-refractivity contribution in [3.63, 3.8) is 0 Å². The van der Waals surface area contributed by atoms with E-state index in [4.69, 9.17) is 11.6 Å². The fourth-order valence-corrected chi connectivity index (χ4v) is 1.92. The second-order valence-corrected chi connectivity index (χ2v) is 5.21. The quantitative estimate of drug-likeness (QED) is 0.805. The van der Waals surface area contributed by atoms with Crippen molar-refractivity contribution in [3.8, 4) is 0 Å². The predicted molar refractivity (Wildman–Crippen MR) is 63.7 cm³/mol. The van der Waals surface area contributed by atoms with Gasteiger partial charge in [0.25, 0.3) is 0 Å². The van der Waals surface area contributed by atoms with E-state index < -0.39 is 10.8 Å². The fourth-order valence-electron chi connectivity index (χ4n) is 1.08. The number of anilines is 1. The van der Waals surface area contributed by atoms with Gasteiger partial charge in [0, 0.05) is 35.0 Å². The predicted octanol–water partition coefficient (Wildman–Crippen LogP) is 1.70. The number of rotatable bonds is 5. The summed E-state index contributed by atoms with van der Waals surface area (Å²) < 4.78 is 10.9. The van der Waals surface area contributed by atoms with Gasteiger partial charge in [-0.3, -0.25) is 4.21 Å². The maximum atomic E-state index is 10.9. The molecule has 6 heteroatoms. The van der Waals surface area contributed by atoms with Crippen molar-refractivity contribution in [1.29, 1.82) is 0 Å². The first-order valence-corrected chi connectivity index (χ1v) is 6.73. The Morgan fingerprint density at radius 1 is 1.67 bits per heavy atom. The van der Waals surface area contributed by atoms with Crippen LogP contribution in [0.15, 0.2) is 12.3 Å². The summed E-state index contributed by atoms with van der Waals surface area (Å²) in [5, 5.41) is 3.40. The van der Waals surface area contributed by atoms with Crippen molar-refractivity contribution < 1.29 is 4.21 Å². The molecule has 0 radical (unpaired) electrons. The Bertz CT molecular complexity index is 348. The lowest BCUT2D eigenvalue weighted by atomic mass is 10.2. The third kappa shape index (κ3) is 5.09. The second kappa shape index (κ2) is 6.02. The van der Waals surface area contributed by atoms with E-state index in [0.29, 0.717) is 11.6 Å².